The van der Waals surface area contributed by atoms with Gasteiger partial charge in [0, 0.05) is 16.1 Å². The van der Waals surface area contributed by atoms with E-state index in [1.807, 2.05) is 37.3 Å². The second-order valence-electron chi connectivity index (χ2n) is 6.99. The fourth-order valence-corrected chi connectivity index (χ4v) is 3.71. The molecular weight excluding hydrogens is 440 g/mol. The number of carbonyl (C=O) groups is 3. The maximum absolute atomic E-state index is 12.5. The molecule has 0 aliphatic carbocycles. The van der Waals surface area contributed by atoms with Crippen molar-refractivity contribution in [2.24, 2.45) is 0 Å². The standard InChI is InChI=1S/C25H24N2O5S/c1-17-7-3-6-10-22(17)33-16-24(29)32-15-23(28)26-19-13-11-18(12-14-19)25(30)27-20-8-4-5-9-21(20)31-2/h3-14H,15-16H2,1-2H3,(H,26,28)(H,27,30). The molecule has 7 nitrogen and oxygen atoms in total. The van der Waals surface area contributed by atoms with Crippen LogP contribution >= 0.6 is 11.8 Å². The number of thioether (sulfide) groups is 1. The van der Waals surface area contributed by atoms with E-state index in [0.717, 1.165) is 10.5 Å². The van der Waals surface area contributed by atoms with Crippen LogP contribution in [0.15, 0.2) is 77.7 Å². The van der Waals surface area contributed by atoms with Gasteiger partial charge in [-0.3, -0.25) is 14.4 Å². The minimum atomic E-state index is -0.471. The van der Waals surface area contributed by atoms with Crippen molar-refractivity contribution in [2.45, 2.75) is 11.8 Å². The number of carbonyl (C=O) groups excluding carboxylic acids is 3. The number of hydrogen-bond acceptors (Lipinski definition) is 6. The molecule has 2 N–H and O–H groups in total. The zero-order chi connectivity index (χ0) is 23.6. The van der Waals surface area contributed by atoms with Crippen LogP contribution in [0.4, 0.5) is 11.4 Å². The summed E-state index contributed by atoms with van der Waals surface area (Å²) in [7, 11) is 1.53. The molecule has 3 rings (SSSR count). The minimum Gasteiger partial charge on any atom is -0.495 e. The highest BCUT2D eigenvalue weighted by molar-refractivity contribution is 8.00. The van der Waals surface area contributed by atoms with Gasteiger partial charge in [0.2, 0.25) is 0 Å². The van der Waals surface area contributed by atoms with Gasteiger partial charge in [0.25, 0.3) is 11.8 Å². The smallest absolute Gasteiger partial charge is 0.316 e. The Morgan fingerprint density at radius 2 is 1.58 bits per heavy atom. The number of rotatable bonds is 9. The number of anilines is 2. The molecule has 0 heterocycles. The van der Waals surface area contributed by atoms with E-state index in [0.29, 0.717) is 22.7 Å². The molecule has 0 aromatic heterocycles. The molecule has 2 amide bonds. The van der Waals surface area contributed by atoms with Crippen LogP contribution in [0.25, 0.3) is 0 Å². The molecule has 0 saturated carbocycles. The Kier molecular flexibility index (Phi) is 8.49. The molecule has 0 spiro atoms. The van der Waals surface area contributed by atoms with Gasteiger partial charge >= 0.3 is 5.97 Å². The first-order chi connectivity index (χ1) is 16.0. The quantitative estimate of drug-likeness (QED) is 0.357. The molecular formula is C25H24N2O5S. The fourth-order valence-electron chi connectivity index (χ4n) is 2.89. The number of hydrogen-bond donors (Lipinski definition) is 2. The van der Waals surface area contributed by atoms with Crippen LogP contribution < -0.4 is 15.4 Å². The van der Waals surface area contributed by atoms with Crippen LogP contribution in [0.3, 0.4) is 0 Å². The molecule has 8 heteroatoms. The predicted molar refractivity (Wildman–Crippen MR) is 129 cm³/mol. The van der Waals surface area contributed by atoms with E-state index in [9.17, 15) is 14.4 Å². The summed E-state index contributed by atoms with van der Waals surface area (Å²) >= 11 is 1.37. The maximum atomic E-state index is 12.5. The molecule has 0 saturated heterocycles. The second kappa shape index (κ2) is 11.7. The highest BCUT2D eigenvalue weighted by atomic mass is 32.2. The van der Waals surface area contributed by atoms with Gasteiger partial charge in [0.05, 0.1) is 18.6 Å². The van der Waals surface area contributed by atoms with Crippen molar-refractivity contribution in [2.75, 3.05) is 30.1 Å². The third-order valence-corrected chi connectivity index (χ3v) is 5.74. The van der Waals surface area contributed by atoms with Crippen molar-refractivity contribution in [3.05, 3.63) is 83.9 Å². The number of nitrogens with one attached hydrogen (secondary N) is 2. The number of benzene rings is 3. The Labute approximate surface area is 196 Å². The first kappa shape index (κ1) is 23.9. The lowest BCUT2D eigenvalue weighted by molar-refractivity contribution is -0.144. The third kappa shape index (κ3) is 7.11. The van der Waals surface area contributed by atoms with Gasteiger partial charge in [-0.15, -0.1) is 11.8 Å². The summed E-state index contributed by atoms with van der Waals surface area (Å²) in [4.78, 5) is 37.5. The molecule has 170 valence electrons. The fraction of sp³-hybridized carbons (Fsp3) is 0.160. The van der Waals surface area contributed by atoms with Gasteiger partial charge in [0.1, 0.15) is 5.75 Å². The van der Waals surface area contributed by atoms with Crippen LogP contribution in [0.2, 0.25) is 0 Å². The Bertz CT molecular complexity index is 1130. The van der Waals surface area contributed by atoms with Crippen molar-refractivity contribution in [3.63, 3.8) is 0 Å². The molecule has 0 bridgehead atoms. The topological polar surface area (TPSA) is 93.7 Å². The van der Waals surface area contributed by atoms with Crippen LogP contribution in [-0.2, 0) is 14.3 Å². The highest BCUT2D eigenvalue weighted by Gasteiger charge is 2.12. The van der Waals surface area contributed by atoms with Crippen LogP contribution in [-0.4, -0.2) is 37.3 Å². The highest BCUT2D eigenvalue weighted by Crippen LogP contribution is 2.24. The van der Waals surface area contributed by atoms with Gasteiger partial charge in [-0.1, -0.05) is 30.3 Å². The number of esters is 1. The molecule has 3 aromatic rings. The summed E-state index contributed by atoms with van der Waals surface area (Å²) in [6, 6.07) is 21.2. The average molecular weight is 465 g/mol. The number of amides is 2. The maximum Gasteiger partial charge on any atom is 0.316 e. The molecule has 33 heavy (non-hydrogen) atoms. The van der Waals surface area contributed by atoms with E-state index >= 15 is 0 Å². The lowest BCUT2D eigenvalue weighted by atomic mass is 10.2. The summed E-state index contributed by atoms with van der Waals surface area (Å²) in [5.74, 6) is -0.565. The van der Waals surface area contributed by atoms with E-state index < -0.39 is 11.9 Å². The van der Waals surface area contributed by atoms with Gasteiger partial charge < -0.3 is 20.1 Å². The first-order valence-corrected chi connectivity index (χ1v) is 11.1. The van der Waals surface area contributed by atoms with Crippen LogP contribution in [0.5, 0.6) is 5.75 Å². The Morgan fingerprint density at radius 1 is 0.879 bits per heavy atom. The van der Waals surface area contributed by atoms with Crippen LogP contribution in [0.1, 0.15) is 15.9 Å². The Morgan fingerprint density at radius 3 is 2.30 bits per heavy atom. The predicted octanol–water partition coefficient (Wildman–Crippen LogP) is 4.53. The van der Waals surface area contributed by atoms with Crippen molar-refractivity contribution in [1.82, 2.24) is 0 Å². The molecule has 0 radical (unpaired) electrons. The molecule has 0 unspecified atom stereocenters. The zero-order valence-electron chi connectivity index (χ0n) is 18.3. The SMILES string of the molecule is COc1ccccc1NC(=O)c1ccc(NC(=O)COC(=O)CSc2ccccc2C)cc1. The second-order valence-corrected chi connectivity index (χ2v) is 8.01. The molecule has 0 atom stereocenters. The summed E-state index contributed by atoms with van der Waals surface area (Å²) in [5.41, 5.74) is 2.54. The monoisotopic (exact) mass is 464 g/mol. The lowest BCUT2D eigenvalue weighted by Crippen LogP contribution is -2.21. The van der Waals surface area contributed by atoms with Crippen LogP contribution in [0, 0.1) is 6.92 Å². The first-order valence-electron chi connectivity index (χ1n) is 10.1. The van der Waals surface area contributed by atoms with E-state index in [-0.39, 0.29) is 18.3 Å². The minimum absolute atomic E-state index is 0.119. The molecule has 0 aliphatic heterocycles. The third-order valence-electron chi connectivity index (χ3n) is 4.59. The number of aryl methyl sites for hydroxylation is 1. The molecule has 0 aliphatic rings. The van der Waals surface area contributed by atoms with Gasteiger partial charge in [-0.25, -0.2) is 0 Å². The summed E-state index contributed by atoms with van der Waals surface area (Å²) in [6.45, 7) is 1.58. The molecule has 0 fully saturated rings. The average Bonchev–Trinajstić information content (AvgIpc) is 2.83. The largest absolute Gasteiger partial charge is 0.495 e. The van der Waals surface area contributed by atoms with E-state index in [4.69, 9.17) is 9.47 Å². The molecule has 3 aromatic carbocycles. The summed E-state index contributed by atoms with van der Waals surface area (Å²) in [5, 5.41) is 5.43. The van der Waals surface area contributed by atoms with Crippen molar-refractivity contribution in [3.8, 4) is 5.75 Å². The van der Waals surface area contributed by atoms with Crippen molar-refractivity contribution >= 4 is 40.9 Å². The zero-order valence-corrected chi connectivity index (χ0v) is 19.1. The van der Waals surface area contributed by atoms with E-state index in [1.165, 1.54) is 18.9 Å². The van der Waals surface area contributed by atoms with Gasteiger partial charge in [0.15, 0.2) is 6.61 Å². The van der Waals surface area contributed by atoms with E-state index in [2.05, 4.69) is 10.6 Å². The van der Waals surface area contributed by atoms with E-state index in [1.54, 1.807) is 42.5 Å². The lowest BCUT2D eigenvalue weighted by Gasteiger charge is -2.10. The Hall–Kier alpha value is -3.78. The number of ether oxygens (including phenoxy) is 2. The summed E-state index contributed by atoms with van der Waals surface area (Å²) < 4.78 is 10.3. The van der Waals surface area contributed by atoms with Gasteiger partial charge in [-0.2, -0.15) is 0 Å². The van der Waals surface area contributed by atoms with Crippen molar-refractivity contribution in [1.29, 1.82) is 0 Å². The number of para-hydroxylation sites is 2. The number of methoxy groups -OCH3 is 1. The summed E-state index contributed by atoms with van der Waals surface area (Å²) in [6.07, 6.45) is 0. The normalized spacial score (nSPS) is 10.2. The van der Waals surface area contributed by atoms with Crippen molar-refractivity contribution < 1.29 is 23.9 Å². The van der Waals surface area contributed by atoms with Gasteiger partial charge in [-0.05, 0) is 55.0 Å². The Balaban J connectivity index is 1.45.